The number of benzene rings is 2. The second kappa shape index (κ2) is 11.7. The second-order valence-electron chi connectivity index (χ2n) is 12.6. The predicted molar refractivity (Wildman–Crippen MR) is 179 cm³/mol. The quantitative estimate of drug-likeness (QED) is 0.303. The molecule has 0 saturated carbocycles. The summed E-state index contributed by atoms with van der Waals surface area (Å²) in [6.45, 7) is 9.01. The van der Waals surface area contributed by atoms with Gasteiger partial charge in [-0.25, -0.2) is 13.2 Å². The Hall–Kier alpha value is -5.33. The molecule has 1 N–H and O–H groups in total. The van der Waals surface area contributed by atoms with Crippen LogP contribution in [0.5, 0.6) is 5.75 Å². The van der Waals surface area contributed by atoms with E-state index < -0.39 is 63.4 Å². The number of rotatable bonds is 5. The molecule has 4 heterocycles. The molecular weight excluding hydrogens is 625 g/mol. The van der Waals surface area contributed by atoms with Crippen LogP contribution >= 0.6 is 0 Å². The zero-order chi connectivity index (χ0) is 34.9. The van der Waals surface area contributed by atoms with Gasteiger partial charge in [-0.1, -0.05) is 26.5 Å². The van der Waals surface area contributed by atoms with Crippen LogP contribution in [0.25, 0.3) is 27.7 Å². The fraction of sp³-hybridized carbons (Fsp3) is 0.314. The van der Waals surface area contributed by atoms with Gasteiger partial charge in [-0.05, 0) is 43.2 Å². The molecule has 0 aliphatic carbocycles. The van der Waals surface area contributed by atoms with Crippen molar-refractivity contribution in [2.75, 3.05) is 48.9 Å². The minimum atomic E-state index is -1.29. The summed E-state index contributed by atoms with van der Waals surface area (Å²) < 4.78 is 50.0. The first-order chi connectivity index (χ1) is 22.7. The Morgan fingerprint density at radius 3 is 2.40 bits per heavy atom. The summed E-state index contributed by atoms with van der Waals surface area (Å²) in [6.07, 6.45) is 2.71. The van der Waals surface area contributed by atoms with Crippen LogP contribution in [-0.4, -0.2) is 77.7 Å². The molecule has 2 aliphatic rings. The maximum Gasteiger partial charge on any atom is 0.281 e. The number of carbonyl (C=O) groups is 2. The van der Waals surface area contributed by atoms with Gasteiger partial charge in [0.1, 0.15) is 29.1 Å². The first-order valence-corrected chi connectivity index (χ1v) is 15.4. The van der Waals surface area contributed by atoms with Gasteiger partial charge in [0.2, 0.25) is 5.91 Å². The number of pyridine rings is 2. The number of fused-ring (bicyclic) bond motifs is 5. The molecule has 2 aliphatic heterocycles. The van der Waals surface area contributed by atoms with Crippen LogP contribution in [0.1, 0.15) is 32.4 Å². The monoisotopic (exact) mass is 660 g/mol. The van der Waals surface area contributed by atoms with E-state index in [1.54, 1.807) is 43.1 Å². The summed E-state index contributed by atoms with van der Waals surface area (Å²) in [5, 5.41) is 10.6. The first kappa shape index (κ1) is 32.6. The molecule has 2 atom stereocenters. The minimum Gasteiger partial charge on any atom is -0.507 e. The lowest BCUT2D eigenvalue weighted by Crippen LogP contribution is -2.66. The van der Waals surface area contributed by atoms with Crippen molar-refractivity contribution in [3.05, 3.63) is 82.7 Å². The summed E-state index contributed by atoms with van der Waals surface area (Å²) in [5.41, 5.74) is -1.69. The van der Waals surface area contributed by atoms with Crippen molar-refractivity contribution in [1.29, 1.82) is 0 Å². The molecule has 10 nitrogen and oxygen atoms in total. The molecule has 0 spiro atoms. The average Bonchev–Trinajstić information content (AvgIpc) is 3.03. The Balaban J connectivity index is 1.82. The van der Waals surface area contributed by atoms with Gasteiger partial charge in [0, 0.05) is 45.3 Å². The molecule has 48 heavy (non-hydrogen) atoms. The van der Waals surface area contributed by atoms with Crippen LogP contribution in [0, 0.1) is 17.5 Å². The molecule has 2 aromatic heterocycles. The van der Waals surface area contributed by atoms with Crippen molar-refractivity contribution in [3.63, 3.8) is 0 Å². The first-order valence-electron chi connectivity index (χ1n) is 15.4. The van der Waals surface area contributed by atoms with Crippen molar-refractivity contribution in [2.45, 2.75) is 38.8 Å². The summed E-state index contributed by atoms with van der Waals surface area (Å²) in [6, 6.07) is 4.48. The van der Waals surface area contributed by atoms with Gasteiger partial charge in [-0.15, -0.1) is 0 Å². The van der Waals surface area contributed by atoms with E-state index in [-0.39, 0.29) is 47.4 Å². The SMILES string of the molecule is C=CC(=O)N1CC2C(=O)N(C)c3c(c4cc(F)c(-c5c(O)cccc5F)c(F)c4n(-c4c(N(C)C)ccnc4C(C)C)c3=O)N2CC1C. The van der Waals surface area contributed by atoms with Gasteiger partial charge in [0.15, 0.2) is 5.82 Å². The van der Waals surface area contributed by atoms with Crippen molar-refractivity contribution in [3.8, 4) is 22.6 Å². The number of phenolic OH excluding ortho intramolecular Hbond substituents is 1. The number of hydrogen-bond donors (Lipinski definition) is 1. The summed E-state index contributed by atoms with van der Waals surface area (Å²) in [7, 11) is 4.88. The number of piperazine rings is 1. The number of aromatic nitrogens is 2. The third-order valence-electron chi connectivity index (χ3n) is 9.16. The maximum absolute atomic E-state index is 17.4. The van der Waals surface area contributed by atoms with Gasteiger partial charge >= 0.3 is 0 Å². The van der Waals surface area contributed by atoms with Crippen LogP contribution in [0.4, 0.5) is 30.2 Å². The zero-order valence-corrected chi connectivity index (χ0v) is 27.4. The second-order valence-corrected chi connectivity index (χ2v) is 12.6. The van der Waals surface area contributed by atoms with Crippen LogP contribution < -0.4 is 20.3 Å². The minimum absolute atomic E-state index is 0.0571. The standard InChI is InChI=1S/C35H35F3N6O4/c1-8-25(46)42-16-23-34(47)41(7)33-31(43(23)15-18(42)4)19-14-21(37)27(26-20(36)10-9-11-24(26)45)28(38)30(19)44(35(33)48)32-22(40(5)6)12-13-39-29(32)17(2)3/h8-14,17-18,23,45H,1,15-16H2,2-7H3. The number of likely N-dealkylation sites (N-methyl/N-ethyl adjacent to an activating group) is 1. The number of anilines is 3. The Morgan fingerprint density at radius 1 is 1.06 bits per heavy atom. The van der Waals surface area contributed by atoms with E-state index in [1.807, 2.05) is 13.8 Å². The van der Waals surface area contributed by atoms with Crippen LogP contribution in [0.3, 0.4) is 0 Å². The fourth-order valence-electron chi connectivity index (χ4n) is 6.90. The number of phenols is 1. The lowest BCUT2D eigenvalue weighted by molar-refractivity contribution is -0.130. The van der Waals surface area contributed by atoms with Crippen LogP contribution in [0.2, 0.25) is 0 Å². The molecule has 2 amide bonds. The van der Waals surface area contributed by atoms with E-state index in [4.69, 9.17) is 0 Å². The number of nitrogens with zero attached hydrogens (tertiary/aromatic N) is 6. The molecule has 0 radical (unpaired) electrons. The maximum atomic E-state index is 17.4. The highest BCUT2D eigenvalue weighted by molar-refractivity contribution is 6.13. The topological polar surface area (TPSA) is 102 Å². The summed E-state index contributed by atoms with van der Waals surface area (Å²) >= 11 is 0. The van der Waals surface area contributed by atoms with Gasteiger partial charge in [0.05, 0.1) is 45.9 Å². The highest BCUT2D eigenvalue weighted by Crippen LogP contribution is 2.46. The van der Waals surface area contributed by atoms with Crippen molar-refractivity contribution in [2.24, 2.45) is 0 Å². The number of amides is 2. The summed E-state index contributed by atoms with van der Waals surface area (Å²) in [5.74, 6) is -5.41. The smallest absolute Gasteiger partial charge is 0.281 e. The van der Waals surface area contributed by atoms with Gasteiger partial charge in [-0.2, -0.15) is 0 Å². The lowest BCUT2D eigenvalue weighted by atomic mass is 9.95. The highest BCUT2D eigenvalue weighted by atomic mass is 19.1. The third-order valence-corrected chi connectivity index (χ3v) is 9.16. The summed E-state index contributed by atoms with van der Waals surface area (Å²) in [4.78, 5) is 52.1. The van der Waals surface area contributed by atoms with E-state index in [0.29, 0.717) is 11.4 Å². The van der Waals surface area contributed by atoms with E-state index in [0.717, 1.165) is 33.7 Å². The molecule has 4 aromatic rings. The Morgan fingerprint density at radius 2 is 1.77 bits per heavy atom. The predicted octanol–water partition coefficient (Wildman–Crippen LogP) is 4.93. The Kier molecular flexibility index (Phi) is 7.96. The number of carbonyl (C=O) groups excluding carboxylic acids is 2. The van der Waals surface area contributed by atoms with Crippen molar-refractivity contribution < 1.29 is 27.9 Å². The molecule has 2 unspecified atom stereocenters. The van der Waals surface area contributed by atoms with Gasteiger partial charge < -0.3 is 24.7 Å². The number of halogens is 3. The molecule has 0 bridgehead atoms. The third kappa shape index (κ3) is 4.70. The number of aromatic hydroxyl groups is 1. The van der Waals surface area contributed by atoms with E-state index in [1.165, 1.54) is 18.0 Å². The molecule has 1 saturated heterocycles. The van der Waals surface area contributed by atoms with E-state index in [9.17, 15) is 19.5 Å². The highest BCUT2D eigenvalue weighted by Gasteiger charge is 2.46. The molecule has 13 heteroatoms. The van der Waals surface area contributed by atoms with Crippen LogP contribution in [-0.2, 0) is 9.59 Å². The molecular formula is C35H35F3N6O4. The van der Waals surface area contributed by atoms with Gasteiger partial charge in [-0.3, -0.25) is 23.9 Å². The van der Waals surface area contributed by atoms with Crippen molar-refractivity contribution >= 4 is 39.8 Å². The normalized spacial score (nSPS) is 17.5. The molecule has 1 fully saturated rings. The average molecular weight is 661 g/mol. The van der Waals surface area contributed by atoms with Gasteiger partial charge in [0.25, 0.3) is 11.5 Å². The Bertz CT molecular complexity index is 2050. The largest absolute Gasteiger partial charge is 0.507 e. The Labute approximate surface area is 274 Å². The lowest BCUT2D eigenvalue weighted by Gasteiger charge is -2.50. The number of hydrogen-bond acceptors (Lipinski definition) is 7. The fourth-order valence-corrected chi connectivity index (χ4v) is 6.90. The molecule has 250 valence electrons. The zero-order valence-electron chi connectivity index (χ0n) is 27.4. The molecule has 6 rings (SSSR count). The van der Waals surface area contributed by atoms with Crippen LogP contribution in [0.15, 0.2) is 54.0 Å². The van der Waals surface area contributed by atoms with E-state index >= 15 is 13.2 Å². The molecule has 2 aromatic carbocycles. The van der Waals surface area contributed by atoms with Crippen molar-refractivity contribution in [1.82, 2.24) is 14.5 Å². The van der Waals surface area contributed by atoms with E-state index in [2.05, 4.69) is 11.6 Å².